The van der Waals surface area contributed by atoms with E-state index in [1.807, 2.05) is 0 Å². The molecule has 1 fully saturated rings. The Balaban J connectivity index is 1.56. The van der Waals surface area contributed by atoms with Gasteiger partial charge in [0.25, 0.3) is 5.91 Å². The third kappa shape index (κ3) is 5.55. The van der Waals surface area contributed by atoms with Crippen molar-refractivity contribution in [3.63, 3.8) is 0 Å². The highest BCUT2D eigenvalue weighted by Gasteiger charge is 2.19. The molecule has 2 aromatic rings. The summed E-state index contributed by atoms with van der Waals surface area (Å²) in [4.78, 5) is 38.6. The Bertz CT molecular complexity index is 860. The summed E-state index contributed by atoms with van der Waals surface area (Å²) in [5.74, 6) is -0.434. The summed E-state index contributed by atoms with van der Waals surface area (Å²) in [7, 11) is 1.43. The molecule has 154 valence electrons. The molecular weight excluding hydrogens is 398 g/mol. The van der Waals surface area contributed by atoms with Crippen LogP contribution in [0.3, 0.4) is 0 Å². The number of carbonyl (C=O) groups excluding carboxylic acids is 3. The standard InChI is InChI=1S/C20H21NO7S/c1-25-17-11-14(20(24)28-12-15(22)18-3-2-10-29-18)4-5-16(17)27-13-19(23)21-6-8-26-9-7-21/h2-5,10-11H,6-9,12-13H2,1H3. The number of esters is 1. The average Bonchev–Trinajstić information content (AvgIpc) is 3.31. The van der Waals surface area contributed by atoms with E-state index in [1.165, 1.54) is 36.6 Å². The number of morpholine rings is 1. The summed E-state index contributed by atoms with van der Waals surface area (Å²) in [6.45, 7) is 1.62. The Labute approximate surface area is 171 Å². The molecule has 1 aromatic carbocycles. The summed E-state index contributed by atoms with van der Waals surface area (Å²) < 4.78 is 21.1. The van der Waals surface area contributed by atoms with Gasteiger partial charge in [-0.2, -0.15) is 0 Å². The maximum absolute atomic E-state index is 12.2. The lowest BCUT2D eigenvalue weighted by atomic mass is 10.2. The molecule has 0 atom stereocenters. The lowest BCUT2D eigenvalue weighted by Gasteiger charge is -2.26. The molecule has 0 unspecified atom stereocenters. The molecule has 0 bridgehead atoms. The number of nitrogens with zero attached hydrogens (tertiary/aromatic N) is 1. The molecule has 8 nitrogen and oxygen atoms in total. The quantitative estimate of drug-likeness (QED) is 0.478. The minimum absolute atomic E-state index is 0.143. The molecule has 1 aromatic heterocycles. The molecule has 9 heteroatoms. The first-order valence-electron chi connectivity index (χ1n) is 8.98. The predicted octanol–water partition coefficient (Wildman–Crippen LogP) is 2.03. The van der Waals surface area contributed by atoms with Crippen molar-refractivity contribution in [2.45, 2.75) is 0 Å². The van der Waals surface area contributed by atoms with Crippen molar-refractivity contribution in [2.24, 2.45) is 0 Å². The minimum Gasteiger partial charge on any atom is -0.493 e. The van der Waals surface area contributed by atoms with Gasteiger partial charge in [0.1, 0.15) is 0 Å². The topological polar surface area (TPSA) is 91.4 Å². The van der Waals surface area contributed by atoms with Crippen molar-refractivity contribution in [2.75, 3.05) is 46.6 Å². The van der Waals surface area contributed by atoms with Crippen LogP contribution in [0.1, 0.15) is 20.0 Å². The predicted molar refractivity (Wildman–Crippen MR) is 105 cm³/mol. The fraction of sp³-hybridized carbons (Fsp3) is 0.350. The number of carbonyl (C=O) groups is 3. The molecule has 1 aliphatic rings. The van der Waals surface area contributed by atoms with E-state index in [9.17, 15) is 14.4 Å². The third-order valence-corrected chi connectivity index (χ3v) is 5.16. The van der Waals surface area contributed by atoms with Crippen molar-refractivity contribution in [3.8, 4) is 11.5 Å². The van der Waals surface area contributed by atoms with E-state index >= 15 is 0 Å². The van der Waals surface area contributed by atoms with E-state index < -0.39 is 5.97 Å². The van der Waals surface area contributed by atoms with Gasteiger partial charge >= 0.3 is 5.97 Å². The van der Waals surface area contributed by atoms with Crippen LogP contribution < -0.4 is 9.47 Å². The molecule has 1 amide bonds. The van der Waals surface area contributed by atoms with E-state index in [1.54, 1.807) is 22.4 Å². The van der Waals surface area contributed by atoms with Crippen LogP contribution in [0.4, 0.5) is 0 Å². The Kier molecular flexibility index (Phi) is 7.20. The average molecular weight is 419 g/mol. The maximum Gasteiger partial charge on any atom is 0.338 e. The summed E-state index contributed by atoms with van der Waals surface area (Å²) in [5, 5.41) is 1.78. The SMILES string of the molecule is COc1cc(C(=O)OCC(=O)c2cccs2)ccc1OCC(=O)N1CCOCC1. The van der Waals surface area contributed by atoms with Crippen LogP contribution >= 0.6 is 11.3 Å². The highest BCUT2D eigenvalue weighted by molar-refractivity contribution is 7.12. The second-order valence-electron chi connectivity index (χ2n) is 6.12. The Morgan fingerprint density at radius 2 is 1.90 bits per heavy atom. The normalized spacial score (nSPS) is 13.6. The van der Waals surface area contributed by atoms with Gasteiger partial charge in [0.15, 0.2) is 24.7 Å². The second-order valence-corrected chi connectivity index (χ2v) is 7.07. The summed E-state index contributed by atoms with van der Waals surface area (Å²) >= 11 is 1.29. The minimum atomic E-state index is -0.649. The van der Waals surface area contributed by atoms with Crippen LogP contribution in [-0.2, 0) is 14.3 Å². The Hall–Kier alpha value is -2.91. The van der Waals surface area contributed by atoms with Crippen molar-refractivity contribution in [1.29, 1.82) is 0 Å². The number of hydrogen-bond donors (Lipinski definition) is 0. The Morgan fingerprint density at radius 1 is 1.10 bits per heavy atom. The number of rotatable bonds is 8. The van der Waals surface area contributed by atoms with E-state index in [-0.39, 0.29) is 30.5 Å². The third-order valence-electron chi connectivity index (χ3n) is 4.24. The number of amides is 1. The van der Waals surface area contributed by atoms with Gasteiger partial charge in [-0.25, -0.2) is 4.79 Å². The zero-order valence-corrected chi connectivity index (χ0v) is 16.7. The van der Waals surface area contributed by atoms with Gasteiger partial charge in [0, 0.05) is 13.1 Å². The molecule has 2 heterocycles. The highest BCUT2D eigenvalue weighted by Crippen LogP contribution is 2.28. The molecule has 0 spiro atoms. The maximum atomic E-state index is 12.2. The first-order valence-corrected chi connectivity index (χ1v) is 9.86. The number of thiophene rings is 1. The first kappa shape index (κ1) is 20.8. The largest absolute Gasteiger partial charge is 0.493 e. The monoisotopic (exact) mass is 419 g/mol. The fourth-order valence-electron chi connectivity index (χ4n) is 2.68. The highest BCUT2D eigenvalue weighted by atomic mass is 32.1. The van der Waals surface area contributed by atoms with E-state index in [0.29, 0.717) is 42.7 Å². The number of Topliss-reactive ketones (excluding diaryl/α,β-unsaturated/α-hetero) is 1. The number of methoxy groups -OCH3 is 1. The van der Waals surface area contributed by atoms with Crippen LogP contribution in [0.5, 0.6) is 11.5 Å². The zero-order chi connectivity index (χ0) is 20.6. The van der Waals surface area contributed by atoms with Crippen LogP contribution in [0.2, 0.25) is 0 Å². The number of benzene rings is 1. The number of ketones is 1. The van der Waals surface area contributed by atoms with Gasteiger partial charge in [-0.15, -0.1) is 11.3 Å². The van der Waals surface area contributed by atoms with Gasteiger partial charge in [-0.05, 0) is 29.6 Å². The van der Waals surface area contributed by atoms with Crippen LogP contribution in [0, 0.1) is 0 Å². The molecule has 0 aliphatic carbocycles. The molecule has 1 aliphatic heterocycles. The van der Waals surface area contributed by atoms with Gasteiger partial charge in [0.05, 0.1) is 30.8 Å². The van der Waals surface area contributed by atoms with Crippen LogP contribution in [0.15, 0.2) is 35.7 Å². The second kappa shape index (κ2) is 10.0. The molecule has 0 saturated carbocycles. The smallest absolute Gasteiger partial charge is 0.338 e. The van der Waals surface area contributed by atoms with Crippen molar-refractivity contribution in [3.05, 3.63) is 46.2 Å². The van der Waals surface area contributed by atoms with E-state index in [4.69, 9.17) is 18.9 Å². The fourth-order valence-corrected chi connectivity index (χ4v) is 3.33. The molecule has 29 heavy (non-hydrogen) atoms. The Morgan fingerprint density at radius 3 is 2.59 bits per heavy atom. The summed E-state index contributed by atoms with van der Waals surface area (Å²) in [6, 6.07) is 7.91. The number of ether oxygens (including phenoxy) is 4. The lowest BCUT2D eigenvalue weighted by molar-refractivity contribution is -0.137. The van der Waals surface area contributed by atoms with Crippen LogP contribution in [-0.4, -0.2) is 69.2 Å². The zero-order valence-electron chi connectivity index (χ0n) is 15.9. The summed E-state index contributed by atoms with van der Waals surface area (Å²) in [6.07, 6.45) is 0. The van der Waals surface area contributed by atoms with Gasteiger partial charge < -0.3 is 23.8 Å². The van der Waals surface area contributed by atoms with Crippen molar-refractivity contribution >= 4 is 29.0 Å². The van der Waals surface area contributed by atoms with Gasteiger partial charge in [-0.1, -0.05) is 6.07 Å². The van der Waals surface area contributed by atoms with E-state index in [0.717, 1.165) is 0 Å². The molecular formula is C20H21NO7S. The molecule has 0 radical (unpaired) electrons. The van der Waals surface area contributed by atoms with E-state index in [2.05, 4.69) is 0 Å². The van der Waals surface area contributed by atoms with Gasteiger partial charge in [0.2, 0.25) is 5.78 Å². The molecule has 0 N–H and O–H groups in total. The van der Waals surface area contributed by atoms with Crippen molar-refractivity contribution < 1.29 is 33.3 Å². The van der Waals surface area contributed by atoms with Crippen molar-refractivity contribution in [1.82, 2.24) is 4.90 Å². The molecule has 3 rings (SSSR count). The number of hydrogen-bond acceptors (Lipinski definition) is 8. The molecule has 1 saturated heterocycles. The van der Waals surface area contributed by atoms with Crippen LogP contribution in [0.25, 0.3) is 0 Å². The van der Waals surface area contributed by atoms with Gasteiger partial charge in [-0.3, -0.25) is 9.59 Å². The summed E-state index contributed by atoms with van der Waals surface area (Å²) in [5.41, 5.74) is 0.215. The first-order chi connectivity index (χ1) is 14.1. The lowest BCUT2D eigenvalue weighted by Crippen LogP contribution is -2.43.